The predicted octanol–water partition coefficient (Wildman–Crippen LogP) is 2.58. The lowest BCUT2D eigenvalue weighted by molar-refractivity contribution is 0.370. The van der Waals surface area contributed by atoms with Crippen molar-refractivity contribution in [2.45, 2.75) is 45.2 Å². The molecule has 0 aromatic carbocycles. The summed E-state index contributed by atoms with van der Waals surface area (Å²) in [5.41, 5.74) is 0.723. The highest BCUT2D eigenvalue weighted by atomic mass is 16.6. The van der Waals surface area contributed by atoms with Gasteiger partial charge in [-0.25, -0.2) is 9.78 Å². The fourth-order valence-corrected chi connectivity index (χ4v) is 4.16. The molecule has 2 aromatic rings. The minimum absolute atomic E-state index is 0.296. The molecule has 2 fully saturated rings. The lowest BCUT2D eigenvalue weighted by Gasteiger charge is -2.24. The van der Waals surface area contributed by atoms with Gasteiger partial charge < -0.3 is 24.8 Å². The highest BCUT2D eigenvalue weighted by Gasteiger charge is 2.39. The molecule has 0 spiro atoms. The van der Waals surface area contributed by atoms with E-state index in [1.165, 1.54) is 19.3 Å². The normalized spacial score (nSPS) is 23.4. The Morgan fingerprint density at radius 2 is 2.25 bits per heavy atom. The molecule has 2 heterocycles. The molecule has 146 valence electrons. The van der Waals surface area contributed by atoms with E-state index in [4.69, 9.17) is 14.1 Å². The van der Waals surface area contributed by atoms with Crippen molar-refractivity contribution < 1.29 is 8.83 Å². The summed E-state index contributed by atoms with van der Waals surface area (Å²) in [6.07, 6.45) is 8.48. The Bertz CT molecular complexity index is 955. The van der Waals surface area contributed by atoms with Crippen LogP contribution in [0.3, 0.4) is 0 Å². The average molecular weight is 382 g/mol. The Labute approximate surface area is 161 Å². The summed E-state index contributed by atoms with van der Waals surface area (Å²) >= 11 is 0. The number of aryl methyl sites for hydroxylation is 1. The smallest absolute Gasteiger partial charge is 0.396 e. The Kier molecular flexibility index (Phi) is 5.02. The van der Waals surface area contributed by atoms with Crippen molar-refractivity contribution in [1.82, 2.24) is 10.3 Å². The second-order valence-corrected chi connectivity index (χ2v) is 7.33. The molecule has 2 saturated carbocycles. The molecule has 3 N–H and O–H groups in total. The SMILES string of the molecule is Cc1oc(=O)oc1CNc1ccc(NC(=NC#N)NC2CC3CCC2C3)cn1. The Hall–Kier alpha value is -3.28. The quantitative estimate of drug-likeness (QED) is 0.409. The van der Waals surface area contributed by atoms with Crippen LogP contribution in [0.4, 0.5) is 11.5 Å². The molecule has 0 saturated heterocycles. The third-order valence-electron chi connectivity index (χ3n) is 5.51. The number of rotatable bonds is 5. The Balaban J connectivity index is 1.34. The largest absolute Gasteiger partial charge is 0.519 e. The number of hydrogen-bond donors (Lipinski definition) is 3. The summed E-state index contributed by atoms with van der Waals surface area (Å²) in [4.78, 5) is 19.3. The van der Waals surface area contributed by atoms with Crippen LogP contribution >= 0.6 is 0 Å². The standard InChI is InChI=1S/C19H22N6O3/c1-11-16(28-19(26)27-11)9-22-17-5-4-14(8-21-17)24-18(23-10-20)25-15-7-12-2-3-13(15)6-12/h4-5,8,12-13,15H,2-3,6-7,9H2,1H3,(H,21,22)(H2,23,24,25). The van der Waals surface area contributed by atoms with Crippen LogP contribution in [0.2, 0.25) is 0 Å². The maximum atomic E-state index is 11.1. The topological polar surface area (TPSA) is 128 Å². The van der Waals surface area contributed by atoms with Crippen LogP contribution in [0.5, 0.6) is 0 Å². The van der Waals surface area contributed by atoms with Gasteiger partial charge in [0.2, 0.25) is 12.2 Å². The number of nitriles is 1. The van der Waals surface area contributed by atoms with E-state index in [1.807, 2.05) is 12.3 Å². The number of hydrogen-bond acceptors (Lipinski definition) is 7. The van der Waals surface area contributed by atoms with Gasteiger partial charge in [-0.3, -0.25) is 0 Å². The molecule has 9 heteroatoms. The molecule has 2 aliphatic carbocycles. The van der Waals surface area contributed by atoms with E-state index in [0.717, 1.165) is 18.0 Å². The summed E-state index contributed by atoms with van der Waals surface area (Å²) in [6.45, 7) is 1.96. The fourth-order valence-electron chi connectivity index (χ4n) is 4.16. The first-order valence-electron chi connectivity index (χ1n) is 9.40. The third kappa shape index (κ3) is 4.01. The molecular formula is C19H22N6O3. The summed E-state index contributed by atoms with van der Waals surface area (Å²) in [7, 11) is 0. The molecule has 9 nitrogen and oxygen atoms in total. The maximum absolute atomic E-state index is 11.1. The highest BCUT2D eigenvalue weighted by Crippen LogP contribution is 2.44. The number of aliphatic imine (C=N–C) groups is 1. The van der Waals surface area contributed by atoms with Crippen LogP contribution in [-0.2, 0) is 6.54 Å². The number of aromatic nitrogens is 1. The van der Waals surface area contributed by atoms with Crippen LogP contribution in [0.25, 0.3) is 0 Å². The van der Waals surface area contributed by atoms with Gasteiger partial charge in [-0.15, -0.1) is 4.99 Å². The second-order valence-electron chi connectivity index (χ2n) is 7.33. The van der Waals surface area contributed by atoms with E-state index in [1.54, 1.807) is 19.2 Å². The summed E-state index contributed by atoms with van der Waals surface area (Å²) in [5, 5.41) is 18.6. The van der Waals surface area contributed by atoms with Gasteiger partial charge in [-0.05, 0) is 50.2 Å². The molecule has 0 aliphatic heterocycles. The molecule has 28 heavy (non-hydrogen) atoms. The number of anilines is 2. The van der Waals surface area contributed by atoms with Crippen molar-refractivity contribution in [3.8, 4) is 6.19 Å². The minimum Gasteiger partial charge on any atom is -0.396 e. The van der Waals surface area contributed by atoms with Crippen molar-refractivity contribution >= 4 is 17.5 Å². The first kappa shape index (κ1) is 18.1. The zero-order chi connectivity index (χ0) is 19.5. The molecule has 3 atom stereocenters. The molecule has 3 unspecified atom stereocenters. The predicted molar refractivity (Wildman–Crippen MR) is 103 cm³/mol. The lowest BCUT2D eigenvalue weighted by atomic mass is 9.95. The Morgan fingerprint density at radius 3 is 2.86 bits per heavy atom. The minimum atomic E-state index is -0.714. The first-order valence-corrected chi connectivity index (χ1v) is 9.40. The molecule has 4 rings (SSSR count). The highest BCUT2D eigenvalue weighted by molar-refractivity contribution is 5.94. The Morgan fingerprint density at radius 1 is 1.36 bits per heavy atom. The molecule has 2 bridgehead atoms. The van der Waals surface area contributed by atoms with Gasteiger partial charge in [0, 0.05) is 6.04 Å². The molecular weight excluding hydrogens is 360 g/mol. The van der Waals surface area contributed by atoms with Crippen LogP contribution in [-0.4, -0.2) is 17.0 Å². The van der Waals surface area contributed by atoms with Gasteiger partial charge >= 0.3 is 5.82 Å². The second kappa shape index (κ2) is 7.76. The van der Waals surface area contributed by atoms with Gasteiger partial charge in [-0.1, -0.05) is 6.42 Å². The number of fused-ring (bicyclic) bond motifs is 2. The number of nitrogens with one attached hydrogen (secondary N) is 3. The summed E-state index contributed by atoms with van der Waals surface area (Å²) in [5.74, 6) is 2.72. The van der Waals surface area contributed by atoms with Crippen molar-refractivity contribution in [3.05, 3.63) is 40.5 Å². The molecule has 2 aliphatic rings. The van der Waals surface area contributed by atoms with E-state index >= 15 is 0 Å². The van der Waals surface area contributed by atoms with Crippen molar-refractivity contribution in [2.75, 3.05) is 10.6 Å². The van der Waals surface area contributed by atoms with Crippen LogP contribution in [0, 0.1) is 30.2 Å². The maximum Gasteiger partial charge on any atom is 0.519 e. The van der Waals surface area contributed by atoms with Crippen molar-refractivity contribution in [2.24, 2.45) is 16.8 Å². The number of guanidine groups is 1. The zero-order valence-electron chi connectivity index (χ0n) is 15.6. The summed E-state index contributed by atoms with van der Waals surface area (Å²) in [6, 6.07) is 4.00. The van der Waals surface area contributed by atoms with E-state index in [9.17, 15) is 4.79 Å². The van der Waals surface area contributed by atoms with Crippen LogP contribution in [0.15, 0.2) is 37.0 Å². The van der Waals surface area contributed by atoms with E-state index < -0.39 is 5.82 Å². The van der Waals surface area contributed by atoms with Crippen LogP contribution < -0.4 is 21.8 Å². The number of nitrogens with zero attached hydrogens (tertiary/aromatic N) is 3. The van der Waals surface area contributed by atoms with Gasteiger partial charge in [0.25, 0.3) is 0 Å². The van der Waals surface area contributed by atoms with Gasteiger partial charge in [-0.2, -0.15) is 5.26 Å². The molecule has 0 amide bonds. The zero-order valence-corrected chi connectivity index (χ0v) is 15.6. The van der Waals surface area contributed by atoms with E-state index in [2.05, 4.69) is 25.9 Å². The lowest BCUT2D eigenvalue weighted by Crippen LogP contribution is -2.42. The van der Waals surface area contributed by atoms with E-state index in [0.29, 0.717) is 41.8 Å². The fraction of sp³-hybridized carbons (Fsp3) is 0.474. The average Bonchev–Trinajstić information content (AvgIpc) is 3.37. The van der Waals surface area contributed by atoms with Gasteiger partial charge in [0.1, 0.15) is 11.6 Å². The number of pyridine rings is 1. The first-order chi connectivity index (χ1) is 13.6. The third-order valence-corrected chi connectivity index (χ3v) is 5.51. The van der Waals surface area contributed by atoms with Crippen molar-refractivity contribution in [1.29, 1.82) is 5.26 Å². The van der Waals surface area contributed by atoms with Gasteiger partial charge in [0.05, 0.1) is 18.4 Å². The monoisotopic (exact) mass is 382 g/mol. The molecule has 2 aromatic heterocycles. The van der Waals surface area contributed by atoms with Crippen LogP contribution in [0.1, 0.15) is 37.2 Å². The molecule has 0 radical (unpaired) electrons. The van der Waals surface area contributed by atoms with E-state index in [-0.39, 0.29) is 0 Å². The van der Waals surface area contributed by atoms with Crippen molar-refractivity contribution in [3.63, 3.8) is 0 Å². The van der Waals surface area contributed by atoms with Gasteiger partial charge in [0.15, 0.2) is 5.76 Å². The summed E-state index contributed by atoms with van der Waals surface area (Å²) < 4.78 is 9.77.